The Morgan fingerprint density at radius 2 is 1.34 bits per heavy atom. The first-order valence-corrected chi connectivity index (χ1v) is 9.94. The first-order valence-electron chi connectivity index (χ1n) is 7.78. The largest absolute Gasteiger partial charge is 0.505 e. The molecule has 0 unspecified atom stereocenters. The third-order valence-electron chi connectivity index (χ3n) is 2.69. The normalized spacial score (nSPS) is 9.34. The fraction of sp³-hybridized carbons (Fsp3) is 0. The van der Waals surface area contributed by atoms with Crippen molar-refractivity contribution < 1.29 is 14.2 Å². The van der Waals surface area contributed by atoms with Gasteiger partial charge >= 0.3 is 0 Å². The van der Waals surface area contributed by atoms with Gasteiger partial charge in [0.1, 0.15) is 12.7 Å². The molecule has 29 heavy (non-hydrogen) atoms. The van der Waals surface area contributed by atoms with E-state index in [0.717, 1.165) is 7.14 Å². The molecule has 148 valence electrons. The average Bonchev–Trinajstić information content (AvgIpc) is 2.70. The standard InChI is InChI=1S/C9H6IN3O.C5H3FIN.C4H4N2O/c10-7-1-2-13-9(3-7)14-8-4-11-6-12-5-8;6-5-3-4(7)1-2-8-5;7-4-1-5-3-6-2-4/h1-6H;1-3H;1-3,7H. The van der Waals surface area contributed by atoms with Crippen LogP contribution in [0.1, 0.15) is 0 Å². The molecule has 4 rings (SSSR count). The first-order chi connectivity index (χ1) is 14.0. The molecule has 0 aliphatic heterocycles. The van der Waals surface area contributed by atoms with Crippen molar-refractivity contribution in [3.63, 3.8) is 0 Å². The fourth-order valence-electron chi connectivity index (χ4n) is 1.57. The number of hydrogen-bond acceptors (Lipinski definition) is 8. The van der Waals surface area contributed by atoms with Crippen molar-refractivity contribution in [1.29, 1.82) is 0 Å². The molecular weight excluding hydrogens is 605 g/mol. The lowest BCUT2D eigenvalue weighted by Crippen LogP contribution is -1.89. The van der Waals surface area contributed by atoms with E-state index >= 15 is 0 Å². The molecule has 0 atom stereocenters. The molecule has 4 aromatic heterocycles. The summed E-state index contributed by atoms with van der Waals surface area (Å²) in [7, 11) is 0. The molecule has 0 saturated carbocycles. The van der Waals surface area contributed by atoms with Crippen molar-refractivity contribution in [2.24, 2.45) is 0 Å². The molecule has 11 heteroatoms. The summed E-state index contributed by atoms with van der Waals surface area (Å²) in [5.74, 6) is 0.813. The Kier molecular flexibility index (Phi) is 10.1. The van der Waals surface area contributed by atoms with Gasteiger partial charge in [-0.05, 0) is 57.3 Å². The predicted octanol–water partition coefficient (Wildman–Crippen LogP) is 4.28. The van der Waals surface area contributed by atoms with Crippen LogP contribution in [0.3, 0.4) is 0 Å². The molecule has 0 aliphatic carbocycles. The molecule has 0 saturated heterocycles. The van der Waals surface area contributed by atoms with E-state index in [9.17, 15) is 4.39 Å². The van der Waals surface area contributed by atoms with Gasteiger partial charge in [0, 0.05) is 31.7 Å². The molecule has 0 amide bonds. The number of pyridine rings is 2. The van der Waals surface area contributed by atoms with Gasteiger partial charge in [-0.15, -0.1) is 0 Å². The van der Waals surface area contributed by atoms with Crippen LogP contribution in [0, 0.1) is 13.1 Å². The molecule has 4 heterocycles. The highest BCUT2D eigenvalue weighted by molar-refractivity contribution is 14.1. The molecule has 0 spiro atoms. The maximum atomic E-state index is 12.1. The van der Waals surface area contributed by atoms with Crippen LogP contribution in [0.25, 0.3) is 0 Å². The van der Waals surface area contributed by atoms with Crippen LogP contribution in [0.15, 0.2) is 74.1 Å². The van der Waals surface area contributed by atoms with E-state index < -0.39 is 5.95 Å². The second-order valence-corrected chi connectivity index (χ2v) is 7.37. The third kappa shape index (κ3) is 9.98. The number of halogens is 3. The van der Waals surface area contributed by atoms with Gasteiger partial charge in [0.15, 0.2) is 11.5 Å². The molecule has 0 bridgehead atoms. The number of ether oxygens (including phenoxy) is 1. The Bertz CT molecular complexity index is 982. The van der Waals surface area contributed by atoms with Gasteiger partial charge in [-0.25, -0.2) is 29.9 Å². The molecule has 1 N–H and O–H groups in total. The second-order valence-electron chi connectivity index (χ2n) is 4.88. The summed E-state index contributed by atoms with van der Waals surface area (Å²) in [5.41, 5.74) is 0. The molecule has 0 aliphatic rings. The van der Waals surface area contributed by atoms with E-state index in [0.29, 0.717) is 11.6 Å². The molecule has 0 aromatic carbocycles. The van der Waals surface area contributed by atoms with E-state index in [1.807, 2.05) is 34.7 Å². The van der Waals surface area contributed by atoms with Crippen molar-refractivity contribution in [2.45, 2.75) is 0 Å². The van der Waals surface area contributed by atoms with E-state index in [-0.39, 0.29) is 5.75 Å². The Labute approximate surface area is 193 Å². The summed E-state index contributed by atoms with van der Waals surface area (Å²) in [6.07, 6.45) is 11.8. The lowest BCUT2D eigenvalue weighted by Gasteiger charge is -2.02. The highest BCUT2D eigenvalue weighted by Gasteiger charge is 1.98. The van der Waals surface area contributed by atoms with Gasteiger partial charge in [-0.3, -0.25) is 0 Å². The quantitative estimate of drug-likeness (QED) is 0.263. The van der Waals surface area contributed by atoms with Crippen molar-refractivity contribution >= 4 is 45.2 Å². The van der Waals surface area contributed by atoms with E-state index in [1.165, 1.54) is 37.3 Å². The smallest absolute Gasteiger partial charge is 0.220 e. The Morgan fingerprint density at radius 1 is 0.793 bits per heavy atom. The molecular formula is C18H13FI2N6O2. The average molecular weight is 618 g/mol. The topological polar surface area (TPSA) is 107 Å². The van der Waals surface area contributed by atoms with Gasteiger partial charge < -0.3 is 9.84 Å². The van der Waals surface area contributed by atoms with E-state index in [2.05, 4.69) is 52.5 Å². The molecule has 8 nitrogen and oxygen atoms in total. The van der Waals surface area contributed by atoms with Crippen molar-refractivity contribution in [3.8, 4) is 17.4 Å². The van der Waals surface area contributed by atoms with Crippen LogP contribution in [0.5, 0.6) is 17.4 Å². The highest BCUT2D eigenvalue weighted by Crippen LogP contribution is 2.18. The number of rotatable bonds is 2. The zero-order valence-electron chi connectivity index (χ0n) is 14.6. The van der Waals surface area contributed by atoms with Gasteiger partial charge in [-0.2, -0.15) is 4.39 Å². The minimum atomic E-state index is -0.420. The zero-order chi connectivity index (χ0) is 20.9. The van der Waals surface area contributed by atoms with Crippen LogP contribution in [0.2, 0.25) is 0 Å². The first kappa shape index (κ1) is 22.7. The lowest BCUT2D eigenvalue weighted by atomic mass is 10.5. The van der Waals surface area contributed by atoms with Crippen LogP contribution in [-0.4, -0.2) is 35.0 Å². The monoisotopic (exact) mass is 618 g/mol. The van der Waals surface area contributed by atoms with Crippen molar-refractivity contribution in [2.75, 3.05) is 0 Å². The number of aromatic hydroxyl groups is 1. The van der Waals surface area contributed by atoms with Crippen LogP contribution < -0.4 is 4.74 Å². The minimum absolute atomic E-state index is 0.0995. The van der Waals surface area contributed by atoms with Gasteiger partial charge in [0.05, 0.1) is 24.8 Å². The summed E-state index contributed by atoms with van der Waals surface area (Å²) in [5, 5.41) is 8.51. The Hall–Kier alpha value is -2.55. The maximum Gasteiger partial charge on any atom is 0.220 e. The predicted molar refractivity (Wildman–Crippen MR) is 120 cm³/mol. The molecule has 4 aromatic rings. The Balaban J connectivity index is 0.000000170. The van der Waals surface area contributed by atoms with E-state index in [1.54, 1.807) is 24.7 Å². The highest BCUT2D eigenvalue weighted by atomic mass is 127. The van der Waals surface area contributed by atoms with Crippen LogP contribution in [0.4, 0.5) is 4.39 Å². The minimum Gasteiger partial charge on any atom is -0.505 e. The van der Waals surface area contributed by atoms with Crippen molar-refractivity contribution in [1.82, 2.24) is 29.9 Å². The lowest BCUT2D eigenvalue weighted by molar-refractivity contribution is 0.458. The number of hydrogen-bond donors (Lipinski definition) is 1. The summed E-state index contributed by atoms with van der Waals surface area (Å²) in [6.45, 7) is 0. The van der Waals surface area contributed by atoms with Gasteiger partial charge in [-0.1, -0.05) is 0 Å². The summed E-state index contributed by atoms with van der Waals surface area (Å²) < 4.78 is 19.4. The van der Waals surface area contributed by atoms with Gasteiger partial charge in [0.25, 0.3) is 0 Å². The molecule has 0 fully saturated rings. The summed E-state index contributed by atoms with van der Waals surface area (Å²) in [6, 6.07) is 6.85. The summed E-state index contributed by atoms with van der Waals surface area (Å²) >= 11 is 4.22. The SMILES string of the molecule is Fc1cc(I)ccn1.Ic1ccnc(Oc2cncnc2)c1.Oc1cncnc1. The maximum absolute atomic E-state index is 12.1. The van der Waals surface area contributed by atoms with Gasteiger partial charge in [0.2, 0.25) is 11.8 Å². The van der Waals surface area contributed by atoms with Crippen LogP contribution >= 0.6 is 45.2 Å². The third-order valence-corrected chi connectivity index (χ3v) is 4.03. The Morgan fingerprint density at radius 3 is 1.79 bits per heavy atom. The number of nitrogens with zero attached hydrogens (tertiary/aromatic N) is 6. The summed E-state index contributed by atoms with van der Waals surface area (Å²) in [4.78, 5) is 22.1. The van der Waals surface area contributed by atoms with E-state index in [4.69, 9.17) is 9.84 Å². The molecule has 0 radical (unpaired) electrons. The van der Waals surface area contributed by atoms with Crippen molar-refractivity contribution in [3.05, 3.63) is 87.2 Å². The number of aromatic nitrogens is 6. The second kappa shape index (κ2) is 12.8. The fourth-order valence-corrected chi connectivity index (χ4v) is 2.42. The van der Waals surface area contributed by atoms with Crippen LogP contribution in [-0.2, 0) is 0 Å². The zero-order valence-corrected chi connectivity index (χ0v) is 18.9.